The lowest BCUT2D eigenvalue weighted by atomic mass is 9.82. The molecule has 1 saturated carbocycles. The summed E-state index contributed by atoms with van der Waals surface area (Å²) >= 11 is 6.58. The molecule has 29 heavy (non-hydrogen) atoms. The third-order valence-electron chi connectivity index (χ3n) is 5.99. The van der Waals surface area contributed by atoms with Crippen LogP contribution in [0, 0.1) is 6.92 Å². The highest BCUT2D eigenvalue weighted by molar-refractivity contribution is 6.34. The van der Waals surface area contributed by atoms with E-state index in [2.05, 4.69) is 0 Å². The number of Topliss-reactive ketones (excluding diaryl/α,β-unsaturated/α-hetero) is 1. The summed E-state index contributed by atoms with van der Waals surface area (Å²) in [6.45, 7) is 3.40. The van der Waals surface area contributed by atoms with Crippen molar-refractivity contribution in [2.75, 3.05) is 0 Å². The molecule has 1 fully saturated rings. The van der Waals surface area contributed by atoms with Gasteiger partial charge in [-0.3, -0.25) is 4.79 Å². The Hall–Kier alpha value is -2.59. The number of ketones is 1. The smallest absolute Gasteiger partial charge is 0.343 e. The molecule has 1 heterocycles. The molecule has 1 spiro atoms. The molecule has 2 aliphatic rings. The molecule has 2 aromatic rings. The van der Waals surface area contributed by atoms with Gasteiger partial charge in [-0.05, 0) is 74.4 Å². The predicted octanol–water partition coefficient (Wildman–Crippen LogP) is 6.05. The number of rotatable bonds is 3. The van der Waals surface area contributed by atoms with Crippen LogP contribution in [0.5, 0.6) is 0 Å². The first-order valence-corrected chi connectivity index (χ1v) is 10.3. The second kappa shape index (κ2) is 7.34. The zero-order chi connectivity index (χ0) is 20.8. The molecule has 0 aromatic heterocycles. The van der Waals surface area contributed by atoms with E-state index in [1.807, 2.05) is 25.1 Å². The van der Waals surface area contributed by atoms with Crippen molar-refractivity contribution in [3.05, 3.63) is 63.9 Å². The van der Waals surface area contributed by atoms with Crippen molar-refractivity contribution in [1.29, 1.82) is 0 Å². The number of esters is 1. The number of aryl methyl sites for hydroxylation is 1. The van der Waals surface area contributed by atoms with Gasteiger partial charge in [0.1, 0.15) is 5.57 Å². The third kappa shape index (κ3) is 3.36. The summed E-state index contributed by atoms with van der Waals surface area (Å²) < 4.78 is 5.68. The van der Waals surface area contributed by atoms with Crippen LogP contribution in [0.25, 0.3) is 16.7 Å². The maximum absolute atomic E-state index is 12.7. The van der Waals surface area contributed by atoms with Gasteiger partial charge in [-0.1, -0.05) is 36.2 Å². The Labute approximate surface area is 175 Å². The van der Waals surface area contributed by atoms with Crippen molar-refractivity contribution in [3.63, 3.8) is 0 Å². The van der Waals surface area contributed by atoms with E-state index < -0.39 is 11.6 Å². The number of hydrogen-bond donors (Lipinski definition) is 1. The number of aliphatic hydroxyl groups excluding tert-OH is 1. The third-order valence-corrected chi connectivity index (χ3v) is 6.30. The number of benzene rings is 2. The zero-order valence-corrected chi connectivity index (χ0v) is 17.3. The van der Waals surface area contributed by atoms with Gasteiger partial charge in [0.2, 0.25) is 0 Å². The molecule has 0 radical (unpaired) electrons. The van der Waals surface area contributed by atoms with E-state index in [0.29, 0.717) is 29.0 Å². The first kappa shape index (κ1) is 19.7. The summed E-state index contributed by atoms with van der Waals surface area (Å²) in [6, 6.07) is 10.9. The van der Waals surface area contributed by atoms with E-state index in [0.717, 1.165) is 36.0 Å². The summed E-state index contributed by atoms with van der Waals surface area (Å²) in [5, 5.41) is 11.4. The Balaban J connectivity index is 1.79. The predicted molar refractivity (Wildman–Crippen MR) is 113 cm³/mol. The maximum atomic E-state index is 12.7. The van der Waals surface area contributed by atoms with Crippen LogP contribution >= 0.6 is 11.6 Å². The lowest BCUT2D eigenvalue weighted by molar-refractivity contribution is -0.149. The van der Waals surface area contributed by atoms with Gasteiger partial charge < -0.3 is 9.84 Å². The molecule has 0 saturated heterocycles. The molecule has 4 rings (SSSR count). The molecule has 1 N–H and O–H groups in total. The summed E-state index contributed by atoms with van der Waals surface area (Å²) in [4.78, 5) is 24.4. The fourth-order valence-electron chi connectivity index (χ4n) is 4.38. The Morgan fingerprint density at radius 3 is 2.52 bits per heavy atom. The van der Waals surface area contributed by atoms with Crippen LogP contribution in [0.4, 0.5) is 0 Å². The van der Waals surface area contributed by atoms with Crippen molar-refractivity contribution < 1.29 is 19.4 Å². The van der Waals surface area contributed by atoms with Gasteiger partial charge in [-0.15, -0.1) is 0 Å². The molecule has 1 aliphatic carbocycles. The second-order valence-electron chi connectivity index (χ2n) is 7.95. The molecule has 5 heteroatoms. The quantitative estimate of drug-likeness (QED) is 0.494. The van der Waals surface area contributed by atoms with E-state index in [4.69, 9.17) is 16.3 Å². The van der Waals surface area contributed by atoms with Crippen LogP contribution in [-0.4, -0.2) is 22.5 Å². The van der Waals surface area contributed by atoms with E-state index in [9.17, 15) is 14.7 Å². The largest absolute Gasteiger partial charge is 0.507 e. The van der Waals surface area contributed by atoms with Gasteiger partial charge in [0.25, 0.3) is 0 Å². The Bertz CT molecular complexity index is 1040. The van der Waals surface area contributed by atoms with Crippen LogP contribution in [0.2, 0.25) is 5.02 Å². The van der Waals surface area contributed by atoms with Crippen LogP contribution in [-0.2, 0) is 9.53 Å². The van der Waals surface area contributed by atoms with Gasteiger partial charge in [-0.25, -0.2) is 4.79 Å². The first-order chi connectivity index (χ1) is 13.8. The zero-order valence-electron chi connectivity index (χ0n) is 16.5. The van der Waals surface area contributed by atoms with Crippen LogP contribution in [0.1, 0.15) is 60.5 Å². The minimum absolute atomic E-state index is 0.0159. The number of ether oxygens (including phenoxy) is 1. The molecule has 0 bridgehead atoms. The van der Waals surface area contributed by atoms with E-state index in [1.165, 1.54) is 6.92 Å². The number of carbonyl (C=O) groups is 2. The maximum Gasteiger partial charge on any atom is 0.343 e. The average Bonchev–Trinajstić information content (AvgIpc) is 2.93. The minimum Gasteiger partial charge on any atom is -0.507 e. The molecule has 4 nitrogen and oxygen atoms in total. The van der Waals surface area contributed by atoms with Gasteiger partial charge in [-0.2, -0.15) is 0 Å². The molecule has 0 unspecified atom stereocenters. The Morgan fingerprint density at radius 1 is 1.10 bits per heavy atom. The Morgan fingerprint density at radius 2 is 1.83 bits per heavy atom. The number of carbonyl (C=O) groups excluding carboxylic acids is 2. The summed E-state index contributed by atoms with van der Waals surface area (Å²) in [6.07, 6.45) is 4.24. The molecule has 150 valence electrons. The fraction of sp³-hybridized carbons (Fsp3) is 0.333. The fourth-order valence-corrected chi connectivity index (χ4v) is 4.65. The molecular formula is C24H23ClO4. The van der Waals surface area contributed by atoms with Crippen molar-refractivity contribution >= 4 is 28.9 Å². The first-order valence-electron chi connectivity index (χ1n) is 9.91. The molecule has 0 amide bonds. The average molecular weight is 411 g/mol. The van der Waals surface area contributed by atoms with Gasteiger partial charge >= 0.3 is 5.97 Å². The topological polar surface area (TPSA) is 63.6 Å². The monoisotopic (exact) mass is 410 g/mol. The highest BCUT2D eigenvalue weighted by atomic mass is 35.5. The van der Waals surface area contributed by atoms with Gasteiger partial charge in [0.05, 0.1) is 0 Å². The van der Waals surface area contributed by atoms with Crippen LogP contribution in [0.3, 0.4) is 0 Å². The number of hydrogen-bond acceptors (Lipinski definition) is 4. The summed E-state index contributed by atoms with van der Waals surface area (Å²) in [7, 11) is 0. The van der Waals surface area contributed by atoms with Gasteiger partial charge in [0, 0.05) is 16.1 Å². The molecule has 1 aliphatic heterocycles. The lowest BCUT2D eigenvalue weighted by Gasteiger charge is -2.31. The van der Waals surface area contributed by atoms with E-state index in [1.54, 1.807) is 18.2 Å². The highest BCUT2D eigenvalue weighted by Crippen LogP contribution is 2.46. The van der Waals surface area contributed by atoms with E-state index >= 15 is 0 Å². The molecule has 0 atom stereocenters. The van der Waals surface area contributed by atoms with E-state index in [-0.39, 0.29) is 17.1 Å². The molecular weight excluding hydrogens is 388 g/mol. The van der Waals surface area contributed by atoms with Crippen molar-refractivity contribution in [2.45, 2.75) is 51.6 Å². The van der Waals surface area contributed by atoms with Gasteiger partial charge in [0.15, 0.2) is 17.1 Å². The highest BCUT2D eigenvalue weighted by Gasteiger charge is 2.49. The van der Waals surface area contributed by atoms with Crippen molar-refractivity contribution in [3.8, 4) is 11.1 Å². The SMILES string of the molecule is CC(=O)c1cccc(-c2cc(C)c(C3=C(O)C4(CCCCC4)OC3=O)cc2Cl)c1. The summed E-state index contributed by atoms with van der Waals surface area (Å²) in [5.74, 6) is -0.472. The van der Waals surface area contributed by atoms with Crippen LogP contribution < -0.4 is 0 Å². The standard InChI is InChI=1S/C24H23ClO4/c1-14-11-19(17-8-6-7-16(12-17)15(2)26)20(25)13-18(14)21-22(27)24(29-23(21)28)9-4-3-5-10-24/h6-8,11-13,27H,3-5,9-10H2,1-2H3. The van der Waals surface area contributed by atoms with Crippen LogP contribution in [0.15, 0.2) is 42.2 Å². The summed E-state index contributed by atoms with van der Waals surface area (Å²) in [5.41, 5.74) is 2.95. The second-order valence-corrected chi connectivity index (χ2v) is 8.36. The van der Waals surface area contributed by atoms with Crippen molar-refractivity contribution in [1.82, 2.24) is 0 Å². The normalized spacial score (nSPS) is 18.2. The Kier molecular flexibility index (Phi) is 4.99. The lowest BCUT2D eigenvalue weighted by Crippen LogP contribution is -2.34. The minimum atomic E-state index is -0.877. The number of halogens is 1. The molecule has 2 aromatic carbocycles. The van der Waals surface area contributed by atoms with Crippen molar-refractivity contribution in [2.24, 2.45) is 0 Å². The number of aliphatic hydroxyl groups is 1.